The third-order valence-corrected chi connectivity index (χ3v) is 3.62. The molecule has 0 bridgehead atoms. The van der Waals surface area contributed by atoms with Crippen molar-refractivity contribution in [2.24, 2.45) is 5.92 Å². The van der Waals surface area contributed by atoms with Crippen molar-refractivity contribution in [1.82, 2.24) is 9.88 Å². The van der Waals surface area contributed by atoms with Crippen LogP contribution < -0.4 is 0 Å². The van der Waals surface area contributed by atoms with Crippen molar-refractivity contribution in [2.75, 3.05) is 7.05 Å². The Morgan fingerprint density at radius 2 is 2.21 bits per heavy atom. The molecule has 0 aromatic carbocycles. The smallest absolute Gasteiger partial charge is 0.0366 e. The topological polar surface area (TPSA) is 16.1 Å². The Morgan fingerprint density at radius 1 is 1.43 bits per heavy atom. The summed E-state index contributed by atoms with van der Waals surface area (Å²) in [5.41, 5.74) is 1.35. The number of pyridine rings is 1. The third-order valence-electron chi connectivity index (χ3n) is 3.62. The molecule has 2 heterocycles. The molecule has 0 N–H and O–H groups in total. The summed E-state index contributed by atoms with van der Waals surface area (Å²) in [5, 5.41) is 0. The molecular weight excluding hydrogens is 172 g/mol. The lowest BCUT2D eigenvalue weighted by Crippen LogP contribution is -2.26. The number of nitrogens with zero attached hydrogens (tertiary/aromatic N) is 2. The van der Waals surface area contributed by atoms with Gasteiger partial charge in [0, 0.05) is 24.5 Å². The molecule has 1 saturated heterocycles. The molecule has 0 spiro atoms. The fourth-order valence-electron chi connectivity index (χ4n) is 2.34. The summed E-state index contributed by atoms with van der Waals surface area (Å²) in [6, 6.07) is 5.45. The average Bonchev–Trinajstić information content (AvgIpc) is 2.47. The van der Waals surface area contributed by atoms with Crippen LogP contribution >= 0.6 is 0 Å². The molecule has 2 unspecified atom stereocenters. The number of likely N-dealkylation sites (tertiary alicyclic amines) is 1. The van der Waals surface area contributed by atoms with E-state index in [4.69, 9.17) is 0 Å². The van der Waals surface area contributed by atoms with Gasteiger partial charge in [-0.2, -0.15) is 0 Å². The van der Waals surface area contributed by atoms with Gasteiger partial charge in [0.2, 0.25) is 0 Å². The summed E-state index contributed by atoms with van der Waals surface area (Å²) in [6.45, 7) is 4.64. The minimum Gasteiger partial charge on any atom is -0.296 e. The zero-order chi connectivity index (χ0) is 10.1. The van der Waals surface area contributed by atoms with Gasteiger partial charge in [-0.05, 0) is 37.9 Å². The van der Waals surface area contributed by atoms with Crippen LogP contribution in [0.15, 0.2) is 24.5 Å². The second-order valence-electron chi connectivity index (χ2n) is 4.42. The van der Waals surface area contributed by atoms with Crippen molar-refractivity contribution in [1.29, 1.82) is 0 Å². The maximum atomic E-state index is 4.19. The first-order chi connectivity index (χ1) is 6.70. The molecule has 2 heteroatoms. The van der Waals surface area contributed by atoms with Gasteiger partial charge < -0.3 is 0 Å². The molecule has 1 aromatic heterocycles. The molecule has 1 fully saturated rings. The summed E-state index contributed by atoms with van der Waals surface area (Å²) in [5.74, 6) is 0.783. The highest BCUT2D eigenvalue weighted by Crippen LogP contribution is 2.37. The van der Waals surface area contributed by atoms with Gasteiger partial charge in [0.1, 0.15) is 0 Å². The maximum absolute atomic E-state index is 4.19. The number of hydrogen-bond donors (Lipinski definition) is 0. The van der Waals surface area contributed by atoms with Gasteiger partial charge in [-0.1, -0.05) is 13.0 Å². The van der Waals surface area contributed by atoms with Crippen LogP contribution in [0.5, 0.6) is 0 Å². The molecule has 1 aliphatic heterocycles. The van der Waals surface area contributed by atoms with Gasteiger partial charge in [0.05, 0.1) is 0 Å². The maximum Gasteiger partial charge on any atom is 0.0366 e. The standard InChI is InChI=1S/C12H18N2/c1-9-7-12(14(3)10(9)2)11-5-4-6-13-8-11/h4-6,8-10,12H,7H2,1-3H3/t9?,10?,12-/m0/s1. The monoisotopic (exact) mass is 190 g/mol. The molecule has 0 aliphatic carbocycles. The van der Waals surface area contributed by atoms with E-state index in [0.717, 1.165) is 5.92 Å². The fraction of sp³-hybridized carbons (Fsp3) is 0.583. The van der Waals surface area contributed by atoms with Crippen molar-refractivity contribution in [3.63, 3.8) is 0 Å². The molecule has 0 saturated carbocycles. The highest BCUT2D eigenvalue weighted by molar-refractivity contribution is 5.16. The lowest BCUT2D eigenvalue weighted by Gasteiger charge is -2.23. The molecular formula is C12H18N2. The second-order valence-corrected chi connectivity index (χ2v) is 4.42. The molecule has 76 valence electrons. The lowest BCUT2D eigenvalue weighted by molar-refractivity contribution is 0.244. The average molecular weight is 190 g/mol. The van der Waals surface area contributed by atoms with E-state index in [1.165, 1.54) is 12.0 Å². The lowest BCUT2D eigenvalue weighted by atomic mass is 10.00. The van der Waals surface area contributed by atoms with E-state index in [9.17, 15) is 0 Å². The van der Waals surface area contributed by atoms with E-state index in [1.807, 2.05) is 18.5 Å². The molecule has 0 amide bonds. The summed E-state index contributed by atoms with van der Waals surface area (Å²) < 4.78 is 0. The van der Waals surface area contributed by atoms with Crippen LogP contribution in [0.3, 0.4) is 0 Å². The van der Waals surface area contributed by atoms with E-state index in [0.29, 0.717) is 12.1 Å². The first-order valence-electron chi connectivity index (χ1n) is 5.32. The molecule has 0 radical (unpaired) electrons. The summed E-state index contributed by atoms with van der Waals surface area (Å²) in [7, 11) is 2.21. The third kappa shape index (κ3) is 1.55. The molecule has 2 nitrogen and oxygen atoms in total. The minimum atomic E-state index is 0.564. The van der Waals surface area contributed by atoms with Crippen LogP contribution in [0, 0.1) is 5.92 Å². The Labute approximate surface area is 86.0 Å². The first kappa shape index (κ1) is 9.66. The van der Waals surface area contributed by atoms with Crippen LogP contribution in [-0.2, 0) is 0 Å². The Kier molecular flexibility index (Phi) is 2.55. The summed E-state index contributed by atoms with van der Waals surface area (Å²) in [6.07, 6.45) is 5.08. The zero-order valence-corrected chi connectivity index (χ0v) is 9.14. The van der Waals surface area contributed by atoms with Crippen molar-refractivity contribution in [3.05, 3.63) is 30.1 Å². The SMILES string of the molecule is CC1C[C@@H](c2cccnc2)N(C)C1C. The van der Waals surface area contributed by atoms with Crippen LogP contribution in [0.4, 0.5) is 0 Å². The van der Waals surface area contributed by atoms with Gasteiger partial charge in [0.25, 0.3) is 0 Å². The molecule has 1 aromatic rings. The van der Waals surface area contributed by atoms with Crippen molar-refractivity contribution < 1.29 is 0 Å². The fourth-order valence-corrected chi connectivity index (χ4v) is 2.34. The van der Waals surface area contributed by atoms with E-state index in [1.54, 1.807) is 0 Å². The highest BCUT2D eigenvalue weighted by Gasteiger charge is 2.33. The molecule has 2 rings (SSSR count). The van der Waals surface area contributed by atoms with E-state index in [-0.39, 0.29) is 0 Å². The Morgan fingerprint density at radius 3 is 2.71 bits per heavy atom. The van der Waals surface area contributed by atoms with E-state index >= 15 is 0 Å². The van der Waals surface area contributed by atoms with Gasteiger partial charge in [-0.15, -0.1) is 0 Å². The number of rotatable bonds is 1. The van der Waals surface area contributed by atoms with Gasteiger partial charge in [-0.3, -0.25) is 9.88 Å². The molecule has 3 atom stereocenters. The van der Waals surface area contributed by atoms with Crippen LogP contribution in [0.2, 0.25) is 0 Å². The van der Waals surface area contributed by atoms with Crippen molar-refractivity contribution in [2.45, 2.75) is 32.4 Å². The molecule has 14 heavy (non-hydrogen) atoms. The minimum absolute atomic E-state index is 0.564. The summed E-state index contributed by atoms with van der Waals surface area (Å²) >= 11 is 0. The Bertz CT molecular complexity index is 296. The van der Waals surface area contributed by atoms with Crippen LogP contribution in [0.25, 0.3) is 0 Å². The van der Waals surface area contributed by atoms with Gasteiger partial charge in [0.15, 0.2) is 0 Å². The normalized spacial score (nSPS) is 33.5. The predicted octanol–water partition coefficient (Wildman–Crippen LogP) is 2.48. The van der Waals surface area contributed by atoms with Crippen LogP contribution in [-0.4, -0.2) is 23.0 Å². The van der Waals surface area contributed by atoms with Crippen LogP contribution in [0.1, 0.15) is 31.9 Å². The van der Waals surface area contributed by atoms with Gasteiger partial charge in [-0.25, -0.2) is 0 Å². The zero-order valence-electron chi connectivity index (χ0n) is 9.14. The molecule has 1 aliphatic rings. The number of hydrogen-bond acceptors (Lipinski definition) is 2. The van der Waals surface area contributed by atoms with E-state index in [2.05, 4.69) is 36.8 Å². The van der Waals surface area contributed by atoms with Crippen molar-refractivity contribution in [3.8, 4) is 0 Å². The quantitative estimate of drug-likeness (QED) is 0.676. The van der Waals surface area contributed by atoms with Crippen molar-refractivity contribution >= 4 is 0 Å². The largest absolute Gasteiger partial charge is 0.296 e. The van der Waals surface area contributed by atoms with E-state index < -0.39 is 0 Å². The Balaban J connectivity index is 2.21. The van der Waals surface area contributed by atoms with Gasteiger partial charge >= 0.3 is 0 Å². The predicted molar refractivity (Wildman–Crippen MR) is 58.0 cm³/mol. The Hall–Kier alpha value is -0.890. The summed E-state index contributed by atoms with van der Waals surface area (Å²) in [4.78, 5) is 6.65. The first-order valence-corrected chi connectivity index (χ1v) is 5.32. The highest BCUT2D eigenvalue weighted by atomic mass is 15.2. The number of aromatic nitrogens is 1. The second kappa shape index (κ2) is 3.70.